The Bertz CT molecular complexity index is 1440. The smallest absolute Gasteiger partial charge is 0.259 e. The van der Waals surface area contributed by atoms with Crippen LogP contribution in [0.1, 0.15) is 15.9 Å². The molecule has 4 aromatic carbocycles. The highest BCUT2D eigenvalue weighted by molar-refractivity contribution is 6.32. The Morgan fingerprint density at radius 2 is 1.83 bits per heavy atom. The first-order valence-corrected chi connectivity index (χ1v) is 9.62. The van der Waals surface area contributed by atoms with Crippen molar-refractivity contribution in [1.29, 1.82) is 0 Å². The number of carbonyl (C=O) groups is 1. The molecular weight excluding hydrogens is 384 g/mol. The summed E-state index contributed by atoms with van der Waals surface area (Å²) >= 11 is 6.15. The van der Waals surface area contributed by atoms with Crippen LogP contribution in [0.5, 0.6) is 5.75 Å². The molecule has 0 aliphatic rings. The second-order valence-electron chi connectivity index (χ2n) is 7.22. The molecule has 0 bridgehead atoms. The number of phenols is 1. The van der Waals surface area contributed by atoms with Gasteiger partial charge in [-0.05, 0) is 60.3 Å². The minimum Gasteiger partial charge on any atom is -0.507 e. The molecule has 1 heterocycles. The van der Waals surface area contributed by atoms with E-state index in [1.165, 1.54) is 0 Å². The summed E-state index contributed by atoms with van der Waals surface area (Å²) in [6.45, 7) is 1.96. The van der Waals surface area contributed by atoms with E-state index in [1.807, 2.05) is 61.5 Å². The summed E-state index contributed by atoms with van der Waals surface area (Å²) in [6, 6.07) is 20.6. The van der Waals surface area contributed by atoms with E-state index in [1.54, 1.807) is 12.1 Å². The molecule has 1 amide bonds. The molecule has 0 fully saturated rings. The van der Waals surface area contributed by atoms with Crippen molar-refractivity contribution < 1.29 is 9.90 Å². The number of anilines is 1. The van der Waals surface area contributed by atoms with E-state index >= 15 is 0 Å². The minimum absolute atomic E-state index is 0.0631. The van der Waals surface area contributed by atoms with Gasteiger partial charge in [-0.3, -0.25) is 4.79 Å². The molecule has 0 saturated heterocycles. The van der Waals surface area contributed by atoms with Gasteiger partial charge in [-0.25, -0.2) is 0 Å². The molecule has 0 aliphatic carbocycles. The quantitative estimate of drug-likeness (QED) is 0.321. The van der Waals surface area contributed by atoms with Crippen molar-refractivity contribution in [2.75, 3.05) is 5.32 Å². The maximum Gasteiger partial charge on any atom is 0.259 e. The zero-order valence-electron chi connectivity index (χ0n) is 15.6. The number of carbonyl (C=O) groups excluding carboxylic acids is 1. The maximum absolute atomic E-state index is 12.7. The van der Waals surface area contributed by atoms with Crippen molar-refractivity contribution in [1.82, 2.24) is 4.98 Å². The second-order valence-corrected chi connectivity index (χ2v) is 7.65. The Morgan fingerprint density at radius 3 is 2.66 bits per heavy atom. The van der Waals surface area contributed by atoms with Gasteiger partial charge in [0, 0.05) is 32.4 Å². The van der Waals surface area contributed by atoms with E-state index in [2.05, 4.69) is 10.3 Å². The number of rotatable bonds is 2. The Kier molecular flexibility index (Phi) is 3.96. The van der Waals surface area contributed by atoms with Gasteiger partial charge < -0.3 is 15.4 Å². The lowest BCUT2D eigenvalue weighted by molar-refractivity contribution is 0.102. The van der Waals surface area contributed by atoms with Gasteiger partial charge in [0.05, 0.1) is 11.1 Å². The zero-order chi connectivity index (χ0) is 20.1. The van der Waals surface area contributed by atoms with Gasteiger partial charge in [-0.15, -0.1) is 0 Å². The fourth-order valence-corrected chi connectivity index (χ4v) is 3.98. The molecule has 0 unspecified atom stereocenters. The average molecular weight is 401 g/mol. The number of fused-ring (bicyclic) bond motifs is 5. The molecule has 29 heavy (non-hydrogen) atoms. The molecule has 3 N–H and O–H groups in total. The number of aromatic hydroxyl groups is 1. The molecule has 0 spiro atoms. The molecule has 5 aromatic rings. The van der Waals surface area contributed by atoms with Gasteiger partial charge in [-0.1, -0.05) is 35.9 Å². The standard InChI is InChI=1S/C24H17ClN2O2/c1-13-3-2-4-16(9-13)26-24(29)20-10-14-5-7-17-19-11-15(25)6-8-21(19)27-23(17)18(14)12-22(20)28/h2-12,27-28H,1H3,(H,26,29). The van der Waals surface area contributed by atoms with Crippen molar-refractivity contribution >= 4 is 55.8 Å². The number of nitrogens with one attached hydrogen (secondary N) is 2. The van der Waals surface area contributed by atoms with Crippen LogP contribution in [0.25, 0.3) is 32.6 Å². The third kappa shape index (κ3) is 2.98. The maximum atomic E-state index is 12.7. The molecule has 0 atom stereocenters. The number of phenolic OH excluding ortho intramolecular Hbond substituents is 1. The highest BCUT2D eigenvalue weighted by Crippen LogP contribution is 2.35. The third-order valence-corrected chi connectivity index (χ3v) is 5.42. The molecule has 0 saturated carbocycles. The number of halogens is 1. The number of aromatic nitrogens is 1. The Morgan fingerprint density at radius 1 is 0.966 bits per heavy atom. The SMILES string of the molecule is Cc1cccc(NC(=O)c2cc3ccc4c5cc(Cl)ccc5[nH]c4c3cc2O)c1. The van der Waals surface area contributed by atoms with E-state index in [0.29, 0.717) is 10.7 Å². The predicted molar refractivity (Wildman–Crippen MR) is 119 cm³/mol. The first kappa shape index (κ1) is 17.6. The minimum atomic E-state index is -0.349. The van der Waals surface area contributed by atoms with E-state index in [4.69, 9.17) is 11.6 Å². The Balaban J connectivity index is 1.63. The van der Waals surface area contributed by atoms with Gasteiger partial charge in [0.2, 0.25) is 0 Å². The molecule has 0 aliphatic heterocycles. The number of benzene rings is 4. The van der Waals surface area contributed by atoms with Crippen molar-refractivity contribution in [2.24, 2.45) is 0 Å². The second kappa shape index (κ2) is 6.54. The summed E-state index contributed by atoms with van der Waals surface area (Å²) in [5.41, 5.74) is 3.85. The van der Waals surface area contributed by atoms with Crippen LogP contribution < -0.4 is 5.32 Å². The van der Waals surface area contributed by atoms with E-state index < -0.39 is 0 Å². The molecule has 142 valence electrons. The number of amides is 1. The van der Waals surface area contributed by atoms with Crippen LogP contribution in [-0.2, 0) is 0 Å². The van der Waals surface area contributed by atoms with E-state index in [9.17, 15) is 9.90 Å². The first-order valence-electron chi connectivity index (χ1n) is 9.24. The number of aryl methyl sites for hydroxylation is 1. The number of hydrogen-bond donors (Lipinski definition) is 3. The summed E-state index contributed by atoms with van der Waals surface area (Å²) in [5.74, 6) is -0.412. The molecule has 4 nitrogen and oxygen atoms in total. The van der Waals surface area contributed by atoms with Crippen molar-refractivity contribution in [3.8, 4) is 5.75 Å². The topological polar surface area (TPSA) is 65.1 Å². The molecule has 0 radical (unpaired) electrons. The number of hydrogen-bond acceptors (Lipinski definition) is 2. The summed E-state index contributed by atoms with van der Waals surface area (Å²) in [5, 5.41) is 17.9. The number of aromatic amines is 1. The zero-order valence-corrected chi connectivity index (χ0v) is 16.3. The molecule has 1 aromatic heterocycles. The van der Waals surface area contributed by atoms with Crippen LogP contribution in [0.15, 0.2) is 66.7 Å². The van der Waals surface area contributed by atoms with Crippen LogP contribution in [-0.4, -0.2) is 16.0 Å². The summed E-state index contributed by atoms with van der Waals surface area (Å²) in [6.07, 6.45) is 0. The monoisotopic (exact) mass is 400 g/mol. The van der Waals surface area contributed by atoms with Gasteiger partial charge >= 0.3 is 0 Å². The van der Waals surface area contributed by atoms with Crippen LogP contribution in [0.3, 0.4) is 0 Å². The van der Waals surface area contributed by atoms with Gasteiger partial charge in [0.25, 0.3) is 5.91 Å². The van der Waals surface area contributed by atoms with Crippen LogP contribution >= 0.6 is 11.6 Å². The van der Waals surface area contributed by atoms with Crippen molar-refractivity contribution in [3.63, 3.8) is 0 Å². The summed E-state index contributed by atoms with van der Waals surface area (Å²) in [4.78, 5) is 16.1. The fraction of sp³-hybridized carbons (Fsp3) is 0.0417. The largest absolute Gasteiger partial charge is 0.507 e. The fourth-order valence-electron chi connectivity index (χ4n) is 3.81. The highest BCUT2D eigenvalue weighted by Gasteiger charge is 2.15. The van der Waals surface area contributed by atoms with Gasteiger partial charge in [0.15, 0.2) is 0 Å². The normalized spacial score (nSPS) is 11.4. The molecule has 5 heteroatoms. The predicted octanol–water partition coefficient (Wildman–Crippen LogP) is 6.39. The summed E-state index contributed by atoms with van der Waals surface area (Å²) in [7, 11) is 0. The van der Waals surface area contributed by atoms with Crippen molar-refractivity contribution in [2.45, 2.75) is 6.92 Å². The first-order chi connectivity index (χ1) is 14.0. The average Bonchev–Trinajstić information content (AvgIpc) is 3.06. The van der Waals surface area contributed by atoms with Crippen LogP contribution in [0.2, 0.25) is 5.02 Å². The van der Waals surface area contributed by atoms with Crippen LogP contribution in [0.4, 0.5) is 5.69 Å². The molecular formula is C24H17ClN2O2. The van der Waals surface area contributed by atoms with Gasteiger partial charge in [-0.2, -0.15) is 0 Å². The molecule has 5 rings (SSSR count). The lowest BCUT2D eigenvalue weighted by Crippen LogP contribution is -2.12. The Hall–Kier alpha value is -3.50. The Labute approximate surface area is 171 Å². The van der Waals surface area contributed by atoms with E-state index in [0.717, 1.165) is 38.1 Å². The third-order valence-electron chi connectivity index (χ3n) is 5.19. The highest BCUT2D eigenvalue weighted by atomic mass is 35.5. The lowest BCUT2D eigenvalue weighted by atomic mass is 10.0. The summed E-state index contributed by atoms with van der Waals surface area (Å²) < 4.78 is 0. The van der Waals surface area contributed by atoms with Gasteiger partial charge in [0.1, 0.15) is 5.75 Å². The van der Waals surface area contributed by atoms with Crippen LogP contribution in [0, 0.1) is 6.92 Å². The lowest BCUT2D eigenvalue weighted by Gasteiger charge is -2.09. The van der Waals surface area contributed by atoms with Crippen molar-refractivity contribution in [3.05, 3.63) is 82.9 Å². The number of H-pyrrole nitrogens is 1. The van der Waals surface area contributed by atoms with E-state index in [-0.39, 0.29) is 17.2 Å².